The van der Waals surface area contributed by atoms with Crippen molar-refractivity contribution in [2.75, 3.05) is 28.6 Å². The number of hydrogen-bond donors (Lipinski definition) is 0. The number of nitrogens with zero attached hydrogens (tertiary/aromatic N) is 3. The van der Waals surface area contributed by atoms with Gasteiger partial charge in [-0.05, 0) is 30.2 Å². The van der Waals surface area contributed by atoms with E-state index in [0.29, 0.717) is 35.9 Å². The molecule has 0 radical (unpaired) electrons. The Bertz CT molecular complexity index is 1200. The molecule has 0 aliphatic carbocycles. The van der Waals surface area contributed by atoms with Crippen LogP contribution in [-0.2, 0) is 16.4 Å². The largest absolute Gasteiger partial charge is 0.280 e. The lowest BCUT2D eigenvalue weighted by molar-refractivity contribution is 0.0989. The van der Waals surface area contributed by atoms with E-state index in [-0.39, 0.29) is 5.91 Å². The summed E-state index contributed by atoms with van der Waals surface area (Å²) in [6, 6.07) is 15.0. The molecule has 2 aromatic carbocycles. The van der Waals surface area contributed by atoms with Crippen molar-refractivity contribution >= 4 is 38.1 Å². The van der Waals surface area contributed by atoms with Crippen LogP contribution in [0.5, 0.6) is 0 Å². The number of fused-ring (bicyclic) bond motifs is 1. The van der Waals surface area contributed by atoms with Crippen LogP contribution < -0.4 is 9.21 Å². The minimum absolute atomic E-state index is 0.190. The summed E-state index contributed by atoms with van der Waals surface area (Å²) in [5.41, 5.74) is 3.81. The maximum Gasteiger partial charge on any atom is 0.260 e. The molecule has 0 unspecified atom stereocenters. The number of carbonyl (C=O) groups excluding carboxylic acids is 1. The van der Waals surface area contributed by atoms with Crippen molar-refractivity contribution in [2.24, 2.45) is 0 Å². The minimum atomic E-state index is -3.32. The number of carbonyl (C=O) groups is 1. The van der Waals surface area contributed by atoms with Crippen LogP contribution in [0.25, 0.3) is 11.3 Å². The number of benzene rings is 2. The van der Waals surface area contributed by atoms with Crippen LogP contribution in [0.4, 0.5) is 10.8 Å². The summed E-state index contributed by atoms with van der Waals surface area (Å²) < 4.78 is 25.3. The van der Waals surface area contributed by atoms with E-state index in [9.17, 15) is 13.2 Å². The van der Waals surface area contributed by atoms with Crippen LogP contribution in [0, 0.1) is 0 Å². The first-order valence-corrected chi connectivity index (χ1v) is 12.2. The fourth-order valence-corrected chi connectivity index (χ4v) is 5.31. The molecule has 0 saturated carbocycles. The van der Waals surface area contributed by atoms with Gasteiger partial charge in [-0.3, -0.25) is 14.0 Å². The molecular formula is C22H21N3O3S2. The average Bonchev–Trinajstić information content (AvgIpc) is 3.38. The molecule has 0 spiro atoms. The summed E-state index contributed by atoms with van der Waals surface area (Å²) in [5, 5.41) is 2.53. The van der Waals surface area contributed by atoms with Gasteiger partial charge in [0.15, 0.2) is 5.13 Å². The zero-order valence-corrected chi connectivity index (χ0v) is 18.1. The lowest BCUT2D eigenvalue weighted by Gasteiger charge is -2.19. The molecule has 154 valence electrons. The van der Waals surface area contributed by atoms with Gasteiger partial charge >= 0.3 is 0 Å². The van der Waals surface area contributed by atoms with E-state index in [1.807, 2.05) is 35.7 Å². The number of rotatable bonds is 6. The van der Waals surface area contributed by atoms with Gasteiger partial charge in [-0.1, -0.05) is 36.4 Å². The summed E-state index contributed by atoms with van der Waals surface area (Å²) in [6.45, 7) is 4.50. The normalized spacial score (nSPS) is 13.2. The molecular weight excluding hydrogens is 418 g/mol. The van der Waals surface area contributed by atoms with Crippen molar-refractivity contribution < 1.29 is 13.2 Å². The molecule has 0 fully saturated rings. The molecule has 0 saturated heterocycles. The van der Waals surface area contributed by atoms with E-state index in [2.05, 4.69) is 11.6 Å². The third kappa shape index (κ3) is 3.88. The third-order valence-electron chi connectivity index (χ3n) is 4.93. The van der Waals surface area contributed by atoms with Gasteiger partial charge in [0.2, 0.25) is 10.0 Å². The molecule has 8 heteroatoms. The van der Waals surface area contributed by atoms with E-state index in [1.165, 1.54) is 21.9 Å². The Hall–Kier alpha value is -2.97. The Morgan fingerprint density at radius 2 is 2.03 bits per heavy atom. The first kappa shape index (κ1) is 20.3. The number of thiazole rings is 1. The van der Waals surface area contributed by atoms with Crippen molar-refractivity contribution in [3.05, 3.63) is 77.7 Å². The van der Waals surface area contributed by atoms with Gasteiger partial charge in [-0.25, -0.2) is 13.4 Å². The number of amides is 1. The molecule has 30 heavy (non-hydrogen) atoms. The highest BCUT2D eigenvalue weighted by atomic mass is 32.2. The van der Waals surface area contributed by atoms with E-state index >= 15 is 0 Å². The maximum absolute atomic E-state index is 13.3. The van der Waals surface area contributed by atoms with E-state index in [4.69, 9.17) is 0 Å². The zero-order chi connectivity index (χ0) is 21.3. The standard InChI is InChI=1S/C22H21N3O3S2/c1-3-12-24(22-23-19(15-29-22)16-7-5-4-6-8-16)21(26)18-9-10-20-17(14-18)11-13-25(20)30(2,27)28/h3-10,14-15H,1,11-13H2,2H3. The molecule has 6 nitrogen and oxygen atoms in total. The van der Waals surface area contributed by atoms with Gasteiger partial charge in [0.25, 0.3) is 5.91 Å². The second-order valence-electron chi connectivity index (χ2n) is 7.01. The van der Waals surface area contributed by atoms with Crippen molar-refractivity contribution in [1.82, 2.24) is 4.98 Å². The molecule has 0 N–H and O–H groups in total. The topological polar surface area (TPSA) is 70.6 Å². The quantitative estimate of drug-likeness (QED) is 0.545. The Morgan fingerprint density at radius 1 is 1.27 bits per heavy atom. The summed E-state index contributed by atoms with van der Waals surface area (Å²) >= 11 is 1.40. The van der Waals surface area contributed by atoms with Crippen molar-refractivity contribution in [2.45, 2.75) is 6.42 Å². The van der Waals surface area contributed by atoms with Gasteiger partial charge in [0.05, 0.1) is 17.6 Å². The summed E-state index contributed by atoms with van der Waals surface area (Å²) in [7, 11) is -3.32. The molecule has 1 aromatic heterocycles. The van der Waals surface area contributed by atoms with Crippen LogP contribution in [0.15, 0.2) is 66.6 Å². The minimum Gasteiger partial charge on any atom is -0.280 e. The second kappa shape index (κ2) is 8.04. The summed E-state index contributed by atoms with van der Waals surface area (Å²) in [4.78, 5) is 19.5. The van der Waals surface area contributed by atoms with Crippen LogP contribution in [0.2, 0.25) is 0 Å². The molecule has 2 heterocycles. The predicted molar refractivity (Wildman–Crippen MR) is 122 cm³/mol. The fraction of sp³-hybridized carbons (Fsp3) is 0.182. The summed E-state index contributed by atoms with van der Waals surface area (Å²) in [6.07, 6.45) is 3.44. The molecule has 3 aromatic rings. The molecule has 1 aliphatic heterocycles. The number of hydrogen-bond acceptors (Lipinski definition) is 5. The van der Waals surface area contributed by atoms with Gasteiger partial charge in [-0.2, -0.15) is 0 Å². The Balaban J connectivity index is 1.64. The first-order chi connectivity index (χ1) is 14.4. The lowest BCUT2D eigenvalue weighted by atomic mass is 10.1. The van der Waals surface area contributed by atoms with Crippen molar-refractivity contribution in [3.8, 4) is 11.3 Å². The molecule has 4 rings (SSSR count). The SMILES string of the molecule is C=CCN(C(=O)c1ccc2c(c1)CCN2S(C)(=O)=O)c1nc(-c2ccccc2)cs1. The van der Waals surface area contributed by atoms with Gasteiger partial charge in [-0.15, -0.1) is 17.9 Å². The Morgan fingerprint density at radius 3 is 2.73 bits per heavy atom. The highest BCUT2D eigenvalue weighted by molar-refractivity contribution is 7.92. The van der Waals surface area contributed by atoms with Crippen LogP contribution in [-0.4, -0.2) is 38.7 Å². The van der Waals surface area contributed by atoms with Crippen LogP contribution >= 0.6 is 11.3 Å². The fourth-order valence-electron chi connectivity index (χ4n) is 3.51. The smallest absolute Gasteiger partial charge is 0.260 e. The van der Waals surface area contributed by atoms with E-state index < -0.39 is 10.0 Å². The van der Waals surface area contributed by atoms with Crippen LogP contribution in [0.3, 0.4) is 0 Å². The number of sulfonamides is 1. The third-order valence-corrected chi connectivity index (χ3v) is 6.97. The monoisotopic (exact) mass is 439 g/mol. The Kier molecular flexibility index (Phi) is 5.44. The predicted octanol–water partition coefficient (Wildman–Crippen LogP) is 3.97. The number of aromatic nitrogens is 1. The first-order valence-electron chi connectivity index (χ1n) is 9.43. The highest BCUT2D eigenvalue weighted by Gasteiger charge is 2.28. The molecule has 1 amide bonds. The van der Waals surface area contributed by atoms with E-state index in [0.717, 1.165) is 16.8 Å². The van der Waals surface area contributed by atoms with Crippen molar-refractivity contribution in [3.63, 3.8) is 0 Å². The van der Waals surface area contributed by atoms with E-state index in [1.54, 1.807) is 29.2 Å². The maximum atomic E-state index is 13.3. The van der Waals surface area contributed by atoms with Gasteiger partial charge in [0.1, 0.15) is 0 Å². The average molecular weight is 440 g/mol. The lowest BCUT2D eigenvalue weighted by Crippen LogP contribution is -2.31. The summed E-state index contributed by atoms with van der Waals surface area (Å²) in [5.74, 6) is -0.190. The molecule has 1 aliphatic rings. The van der Waals surface area contributed by atoms with Crippen molar-refractivity contribution in [1.29, 1.82) is 0 Å². The molecule has 0 bridgehead atoms. The number of anilines is 2. The van der Waals surface area contributed by atoms with Gasteiger partial charge < -0.3 is 0 Å². The second-order valence-corrected chi connectivity index (χ2v) is 9.76. The Labute approximate surface area is 180 Å². The van der Waals surface area contributed by atoms with Gasteiger partial charge in [0, 0.05) is 29.6 Å². The molecule has 0 atom stereocenters. The van der Waals surface area contributed by atoms with Crippen LogP contribution in [0.1, 0.15) is 15.9 Å². The highest BCUT2D eigenvalue weighted by Crippen LogP contribution is 2.32. The zero-order valence-electron chi connectivity index (χ0n) is 16.5.